The molecule has 20 heavy (non-hydrogen) atoms. The van der Waals surface area contributed by atoms with Gasteiger partial charge in [-0.15, -0.1) is 0 Å². The molecule has 0 aliphatic carbocycles. The van der Waals surface area contributed by atoms with Gasteiger partial charge >= 0.3 is 0 Å². The van der Waals surface area contributed by atoms with Gasteiger partial charge in [0.1, 0.15) is 0 Å². The number of hydrogen-bond donors (Lipinski definition) is 1. The number of nitro groups is 1. The predicted octanol–water partition coefficient (Wildman–Crippen LogP) is 1.65. The van der Waals surface area contributed by atoms with E-state index in [1.54, 1.807) is 13.0 Å². The smallest absolute Gasteiger partial charge is 0.270 e. The molecule has 0 bridgehead atoms. The first-order chi connectivity index (χ1) is 9.58. The molecule has 1 aliphatic heterocycles. The van der Waals surface area contributed by atoms with Crippen LogP contribution >= 0.6 is 0 Å². The topological polar surface area (TPSA) is 90.1 Å². The summed E-state index contributed by atoms with van der Waals surface area (Å²) in [5.74, 6) is -0.102. The van der Waals surface area contributed by atoms with Gasteiger partial charge in [-0.25, -0.2) is 0 Å². The Morgan fingerprint density at radius 2 is 2.35 bits per heavy atom. The van der Waals surface area contributed by atoms with E-state index in [1.807, 2.05) is 0 Å². The molecule has 1 aromatic carbocycles. The summed E-state index contributed by atoms with van der Waals surface area (Å²) in [6, 6.07) is 4.23. The van der Waals surface area contributed by atoms with Crippen LogP contribution in [-0.4, -0.2) is 33.2 Å². The number of benzene rings is 1. The maximum atomic E-state index is 12.4. The lowest BCUT2D eigenvalue weighted by atomic mass is 10.2. The number of carbonyl (C=O) groups excluding carboxylic acids is 1. The fourth-order valence-corrected chi connectivity index (χ4v) is 2.58. The summed E-state index contributed by atoms with van der Waals surface area (Å²) in [7, 11) is 0. The van der Waals surface area contributed by atoms with Crippen LogP contribution in [0, 0.1) is 17.0 Å². The fraction of sp³-hybridized carbons (Fsp3) is 0.385. The molecule has 0 unspecified atom stereocenters. The van der Waals surface area contributed by atoms with Crippen LogP contribution < -0.4 is 5.32 Å². The molecule has 3 rings (SSSR count). The van der Waals surface area contributed by atoms with Crippen molar-refractivity contribution in [2.24, 2.45) is 0 Å². The molecule has 1 saturated heterocycles. The summed E-state index contributed by atoms with van der Waals surface area (Å²) in [6.45, 7) is 2.58. The van der Waals surface area contributed by atoms with Crippen LogP contribution in [-0.2, 0) is 0 Å². The van der Waals surface area contributed by atoms with E-state index >= 15 is 0 Å². The van der Waals surface area contributed by atoms with E-state index in [4.69, 9.17) is 0 Å². The third-order valence-electron chi connectivity index (χ3n) is 3.63. The number of aryl methyl sites for hydroxylation is 1. The Bertz CT molecular complexity index is 701. The normalized spacial score (nSPS) is 18.6. The van der Waals surface area contributed by atoms with Crippen LogP contribution in [0.5, 0.6) is 0 Å². The predicted molar refractivity (Wildman–Crippen MR) is 72.8 cm³/mol. The van der Waals surface area contributed by atoms with Crippen molar-refractivity contribution in [2.45, 2.75) is 25.8 Å². The monoisotopic (exact) mass is 274 g/mol. The average Bonchev–Trinajstić information content (AvgIpc) is 3.06. The van der Waals surface area contributed by atoms with Crippen molar-refractivity contribution in [1.29, 1.82) is 0 Å². The Morgan fingerprint density at radius 1 is 1.55 bits per heavy atom. The van der Waals surface area contributed by atoms with Gasteiger partial charge in [-0.1, -0.05) is 0 Å². The van der Waals surface area contributed by atoms with Crippen LogP contribution in [0.15, 0.2) is 18.2 Å². The summed E-state index contributed by atoms with van der Waals surface area (Å²) >= 11 is 0. The van der Waals surface area contributed by atoms with E-state index in [2.05, 4.69) is 10.4 Å². The van der Waals surface area contributed by atoms with Crippen LogP contribution in [0.1, 0.15) is 23.3 Å². The first-order valence-corrected chi connectivity index (χ1v) is 6.49. The number of nitro benzene ring substituents is 1. The van der Waals surface area contributed by atoms with Gasteiger partial charge in [0.25, 0.3) is 11.6 Å². The van der Waals surface area contributed by atoms with Crippen molar-refractivity contribution in [2.75, 3.05) is 6.54 Å². The van der Waals surface area contributed by atoms with Gasteiger partial charge in [-0.2, -0.15) is 9.78 Å². The highest BCUT2D eigenvalue weighted by Gasteiger charge is 2.26. The summed E-state index contributed by atoms with van der Waals surface area (Å²) in [6.07, 6.45) is 1.77. The minimum absolute atomic E-state index is 0.00610. The van der Waals surface area contributed by atoms with Gasteiger partial charge in [0, 0.05) is 17.5 Å². The van der Waals surface area contributed by atoms with E-state index in [1.165, 1.54) is 16.8 Å². The van der Waals surface area contributed by atoms with Crippen molar-refractivity contribution in [3.63, 3.8) is 0 Å². The SMILES string of the molecule is Cc1nn(C(=O)[C@@H]2CCCN2)c2ccc([N+](=O)[O-])cc12. The second kappa shape index (κ2) is 4.68. The minimum Gasteiger partial charge on any atom is -0.306 e. The van der Waals surface area contributed by atoms with Crippen molar-refractivity contribution in [1.82, 2.24) is 15.1 Å². The van der Waals surface area contributed by atoms with Crippen LogP contribution in [0.3, 0.4) is 0 Å². The number of nitrogens with zero attached hydrogens (tertiary/aromatic N) is 3. The van der Waals surface area contributed by atoms with Crippen molar-refractivity contribution in [3.05, 3.63) is 34.0 Å². The molecule has 1 aliphatic rings. The van der Waals surface area contributed by atoms with E-state index in [9.17, 15) is 14.9 Å². The van der Waals surface area contributed by atoms with Gasteiger partial charge in [0.2, 0.25) is 0 Å². The van der Waals surface area contributed by atoms with E-state index < -0.39 is 4.92 Å². The Balaban J connectivity index is 2.08. The van der Waals surface area contributed by atoms with Crippen LogP contribution in [0.25, 0.3) is 10.9 Å². The number of carbonyl (C=O) groups is 1. The highest BCUT2D eigenvalue weighted by atomic mass is 16.6. The summed E-state index contributed by atoms with van der Waals surface area (Å²) in [5, 5.41) is 18.8. The van der Waals surface area contributed by atoms with Crippen molar-refractivity contribution >= 4 is 22.5 Å². The lowest BCUT2D eigenvalue weighted by Gasteiger charge is -2.09. The Hall–Kier alpha value is -2.28. The van der Waals surface area contributed by atoms with Crippen molar-refractivity contribution in [3.8, 4) is 0 Å². The Morgan fingerprint density at radius 3 is 3.00 bits per heavy atom. The summed E-state index contributed by atoms with van der Waals surface area (Å²) in [4.78, 5) is 22.8. The molecule has 1 N–H and O–H groups in total. The number of hydrogen-bond acceptors (Lipinski definition) is 5. The van der Waals surface area contributed by atoms with Crippen LogP contribution in [0.2, 0.25) is 0 Å². The highest BCUT2D eigenvalue weighted by molar-refractivity contribution is 5.95. The summed E-state index contributed by atoms with van der Waals surface area (Å²) < 4.78 is 1.36. The molecule has 0 amide bonds. The van der Waals surface area contributed by atoms with Crippen molar-refractivity contribution < 1.29 is 9.72 Å². The largest absolute Gasteiger partial charge is 0.306 e. The van der Waals surface area contributed by atoms with E-state index in [0.717, 1.165) is 19.4 Å². The third kappa shape index (κ3) is 1.96. The summed E-state index contributed by atoms with van der Waals surface area (Å²) in [5.41, 5.74) is 1.24. The quantitative estimate of drug-likeness (QED) is 0.664. The number of aromatic nitrogens is 2. The van der Waals surface area contributed by atoms with Gasteiger partial charge in [0.15, 0.2) is 0 Å². The maximum absolute atomic E-state index is 12.4. The number of nitrogens with one attached hydrogen (secondary N) is 1. The highest BCUT2D eigenvalue weighted by Crippen LogP contribution is 2.24. The first-order valence-electron chi connectivity index (χ1n) is 6.49. The standard InChI is InChI=1S/C13H14N4O3/c1-8-10-7-9(17(19)20)4-5-12(10)16(15-8)13(18)11-3-2-6-14-11/h4-5,7,11,14H,2-3,6H2,1H3/t11-/m0/s1. The van der Waals surface area contributed by atoms with Gasteiger partial charge < -0.3 is 5.32 Å². The lowest BCUT2D eigenvalue weighted by molar-refractivity contribution is -0.384. The number of rotatable bonds is 2. The molecule has 2 aromatic rings. The zero-order valence-corrected chi connectivity index (χ0v) is 11.0. The minimum atomic E-state index is -0.448. The maximum Gasteiger partial charge on any atom is 0.270 e. The second-order valence-corrected chi connectivity index (χ2v) is 4.94. The molecule has 0 spiro atoms. The lowest BCUT2D eigenvalue weighted by Crippen LogP contribution is -2.35. The third-order valence-corrected chi connectivity index (χ3v) is 3.63. The molecular formula is C13H14N4O3. The molecule has 7 heteroatoms. The molecule has 104 valence electrons. The zero-order valence-electron chi connectivity index (χ0n) is 11.0. The fourth-order valence-electron chi connectivity index (χ4n) is 2.58. The molecular weight excluding hydrogens is 260 g/mol. The van der Waals surface area contributed by atoms with E-state index in [-0.39, 0.29) is 17.6 Å². The number of fused-ring (bicyclic) bond motifs is 1. The van der Waals surface area contributed by atoms with E-state index in [0.29, 0.717) is 16.6 Å². The molecule has 0 saturated carbocycles. The Kier molecular flexibility index (Phi) is 2.98. The van der Waals surface area contributed by atoms with Crippen LogP contribution in [0.4, 0.5) is 5.69 Å². The zero-order chi connectivity index (χ0) is 14.3. The number of non-ortho nitro benzene ring substituents is 1. The first kappa shape index (κ1) is 12.7. The molecule has 1 aromatic heterocycles. The molecule has 7 nitrogen and oxygen atoms in total. The Labute approximate surface area is 114 Å². The average molecular weight is 274 g/mol. The molecule has 1 fully saturated rings. The molecule has 2 heterocycles. The van der Waals surface area contributed by atoms with Gasteiger partial charge in [-0.05, 0) is 32.4 Å². The molecule has 0 radical (unpaired) electrons. The molecule has 1 atom stereocenters. The van der Waals surface area contributed by atoms with Gasteiger partial charge in [-0.3, -0.25) is 14.9 Å². The van der Waals surface area contributed by atoms with Gasteiger partial charge in [0.05, 0.1) is 22.2 Å². The second-order valence-electron chi connectivity index (χ2n) is 4.94.